The number of fused-ring (bicyclic) bond motifs is 1. The summed E-state index contributed by atoms with van der Waals surface area (Å²) in [6.45, 7) is 0.440. The normalized spacial score (nSPS) is 10.8. The molecule has 4 heteroatoms. The van der Waals surface area contributed by atoms with E-state index in [1.54, 1.807) is 6.07 Å². The molecule has 0 amide bonds. The number of aromatic hydroxyl groups is 1. The van der Waals surface area contributed by atoms with E-state index in [4.69, 9.17) is 4.74 Å². The molecule has 0 fully saturated rings. The Balaban J connectivity index is 1.78. The molecule has 3 aromatic rings. The molecule has 1 aromatic heterocycles. The van der Waals surface area contributed by atoms with Crippen molar-refractivity contribution in [1.82, 2.24) is 4.98 Å². The number of rotatable bonds is 3. The van der Waals surface area contributed by atoms with Gasteiger partial charge in [0, 0.05) is 15.4 Å². The summed E-state index contributed by atoms with van der Waals surface area (Å²) >= 11 is 3.38. The van der Waals surface area contributed by atoms with Crippen molar-refractivity contribution < 1.29 is 9.84 Å². The van der Waals surface area contributed by atoms with Gasteiger partial charge in [-0.25, -0.2) is 0 Å². The molecule has 2 N–H and O–H groups in total. The molecule has 3 rings (SSSR count). The lowest BCUT2D eigenvalue weighted by Gasteiger charge is -2.04. The fourth-order valence-corrected chi connectivity index (χ4v) is 2.23. The number of H-pyrrole nitrogens is 1. The van der Waals surface area contributed by atoms with Crippen LogP contribution in [0.2, 0.25) is 0 Å². The maximum atomic E-state index is 9.73. The van der Waals surface area contributed by atoms with Crippen LogP contribution in [0.3, 0.4) is 0 Å². The van der Waals surface area contributed by atoms with E-state index in [9.17, 15) is 5.11 Å². The molecule has 2 aromatic carbocycles. The van der Waals surface area contributed by atoms with E-state index in [0.717, 1.165) is 26.8 Å². The van der Waals surface area contributed by atoms with Crippen molar-refractivity contribution in [1.29, 1.82) is 0 Å². The Labute approximate surface area is 119 Å². The van der Waals surface area contributed by atoms with Crippen molar-refractivity contribution in [2.75, 3.05) is 0 Å². The van der Waals surface area contributed by atoms with E-state index < -0.39 is 0 Å². The number of aromatic amines is 1. The SMILES string of the molecule is Oc1cccc2[nH]c(COc3ccc(Br)cc3)cc12. The van der Waals surface area contributed by atoms with Crippen LogP contribution in [0.4, 0.5) is 0 Å². The first kappa shape index (κ1) is 12.1. The van der Waals surface area contributed by atoms with Gasteiger partial charge in [0.2, 0.25) is 0 Å². The van der Waals surface area contributed by atoms with Crippen LogP contribution in [0.25, 0.3) is 10.9 Å². The van der Waals surface area contributed by atoms with Gasteiger partial charge in [0.15, 0.2) is 0 Å². The molecule has 0 bridgehead atoms. The number of hydrogen-bond acceptors (Lipinski definition) is 2. The summed E-state index contributed by atoms with van der Waals surface area (Å²) in [5.74, 6) is 1.09. The highest BCUT2D eigenvalue weighted by Crippen LogP contribution is 2.25. The number of aromatic nitrogens is 1. The molecule has 0 aliphatic rings. The number of benzene rings is 2. The Morgan fingerprint density at radius 2 is 1.89 bits per heavy atom. The highest BCUT2D eigenvalue weighted by Gasteiger charge is 2.05. The van der Waals surface area contributed by atoms with Crippen LogP contribution in [-0.2, 0) is 6.61 Å². The number of halogens is 1. The summed E-state index contributed by atoms with van der Waals surface area (Å²) in [6.07, 6.45) is 0. The van der Waals surface area contributed by atoms with Crippen molar-refractivity contribution in [3.05, 3.63) is 58.7 Å². The Hall–Kier alpha value is -1.94. The highest BCUT2D eigenvalue weighted by molar-refractivity contribution is 9.10. The molecule has 0 spiro atoms. The Kier molecular flexibility index (Phi) is 3.17. The fraction of sp³-hybridized carbons (Fsp3) is 0.0667. The summed E-state index contributed by atoms with van der Waals surface area (Å²) in [4.78, 5) is 3.22. The third kappa shape index (κ3) is 2.58. The number of phenols is 1. The van der Waals surface area contributed by atoms with Gasteiger partial charge in [0.1, 0.15) is 18.1 Å². The van der Waals surface area contributed by atoms with Gasteiger partial charge in [0.25, 0.3) is 0 Å². The zero-order chi connectivity index (χ0) is 13.2. The number of hydrogen-bond donors (Lipinski definition) is 2. The van der Waals surface area contributed by atoms with Gasteiger partial charge < -0.3 is 14.8 Å². The second kappa shape index (κ2) is 4.97. The molecule has 1 heterocycles. The van der Waals surface area contributed by atoms with Gasteiger partial charge in [-0.1, -0.05) is 22.0 Å². The minimum atomic E-state index is 0.281. The minimum absolute atomic E-state index is 0.281. The van der Waals surface area contributed by atoms with Gasteiger partial charge in [-0.15, -0.1) is 0 Å². The van der Waals surface area contributed by atoms with Crippen LogP contribution in [0.15, 0.2) is 53.0 Å². The monoisotopic (exact) mass is 317 g/mol. The van der Waals surface area contributed by atoms with Crippen LogP contribution < -0.4 is 4.74 Å². The van der Waals surface area contributed by atoms with Gasteiger partial charge in [-0.2, -0.15) is 0 Å². The molecular weight excluding hydrogens is 306 g/mol. The Bertz CT molecular complexity index is 704. The number of nitrogens with one attached hydrogen (secondary N) is 1. The van der Waals surface area contributed by atoms with Gasteiger partial charge in [-0.05, 0) is 42.5 Å². The smallest absolute Gasteiger partial charge is 0.128 e. The lowest BCUT2D eigenvalue weighted by molar-refractivity contribution is 0.302. The van der Waals surface area contributed by atoms with Crippen molar-refractivity contribution in [3.63, 3.8) is 0 Å². The molecule has 0 radical (unpaired) electrons. The molecule has 0 aliphatic carbocycles. The second-order valence-corrected chi connectivity index (χ2v) is 5.19. The minimum Gasteiger partial charge on any atom is -0.507 e. The van der Waals surface area contributed by atoms with E-state index in [0.29, 0.717) is 6.61 Å². The van der Waals surface area contributed by atoms with Crippen molar-refractivity contribution in [2.45, 2.75) is 6.61 Å². The molecule has 19 heavy (non-hydrogen) atoms. The summed E-state index contributed by atoms with van der Waals surface area (Å²) in [5, 5.41) is 10.6. The van der Waals surface area contributed by atoms with E-state index >= 15 is 0 Å². The molecule has 0 saturated heterocycles. The summed E-state index contributed by atoms with van der Waals surface area (Å²) in [7, 11) is 0. The van der Waals surface area contributed by atoms with Crippen LogP contribution in [0.5, 0.6) is 11.5 Å². The highest BCUT2D eigenvalue weighted by atomic mass is 79.9. The first-order chi connectivity index (χ1) is 9.22. The quantitative estimate of drug-likeness (QED) is 0.759. The average Bonchev–Trinajstić information content (AvgIpc) is 2.83. The number of phenolic OH excluding ortho intramolecular Hbond substituents is 1. The maximum absolute atomic E-state index is 9.73. The molecule has 0 saturated carbocycles. The van der Waals surface area contributed by atoms with E-state index in [2.05, 4.69) is 20.9 Å². The third-order valence-electron chi connectivity index (χ3n) is 2.90. The lowest BCUT2D eigenvalue weighted by atomic mass is 10.2. The summed E-state index contributed by atoms with van der Waals surface area (Å²) < 4.78 is 6.71. The van der Waals surface area contributed by atoms with Gasteiger partial charge in [-0.3, -0.25) is 0 Å². The predicted octanol–water partition coefficient (Wildman–Crippen LogP) is 4.22. The van der Waals surface area contributed by atoms with Crippen LogP contribution >= 0.6 is 15.9 Å². The third-order valence-corrected chi connectivity index (χ3v) is 3.43. The van der Waals surface area contributed by atoms with E-state index in [1.165, 1.54) is 0 Å². The van der Waals surface area contributed by atoms with Gasteiger partial charge >= 0.3 is 0 Å². The van der Waals surface area contributed by atoms with Crippen molar-refractivity contribution in [2.24, 2.45) is 0 Å². The second-order valence-electron chi connectivity index (χ2n) is 4.28. The zero-order valence-electron chi connectivity index (χ0n) is 10.1. The standard InChI is InChI=1S/C15H12BrNO2/c16-10-4-6-12(7-5-10)19-9-11-8-13-14(17-11)2-1-3-15(13)18/h1-8,17-18H,9H2. The largest absolute Gasteiger partial charge is 0.507 e. The van der Waals surface area contributed by atoms with Gasteiger partial charge in [0.05, 0.1) is 5.69 Å². The molecule has 96 valence electrons. The van der Waals surface area contributed by atoms with Crippen molar-refractivity contribution in [3.8, 4) is 11.5 Å². The van der Waals surface area contributed by atoms with Crippen LogP contribution in [0, 0.1) is 0 Å². The lowest BCUT2D eigenvalue weighted by Crippen LogP contribution is -1.94. The Morgan fingerprint density at radius 3 is 2.63 bits per heavy atom. The number of ether oxygens (including phenoxy) is 1. The maximum Gasteiger partial charge on any atom is 0.128 e. The molecule has 0 atom stereocenters. The van der Waals surface area contributed by atoms with Crippen molar-refractivity contribution >= 4 is 26.8 Å². The fourth-order valence-electron chi connectivity index (χ4n) is 1.97. The zero-order valence-corrected chi connectivity index (χ0v) is 11.6. The molecule has 0 unspecified atom stereocenters. The Morgan fingerprint density at radius 1 is 1.11 bits per heavy atom. The van der Waals surface area contributed by atoms with E-state index in [-0.39, 0.29) is 5.75 Å². The molecule has 3 nitrogen and oxygen atoms in total. The summed E-state index contributed by atoms with van der Waals surface area (Å²) in [6, 6.07) is 15.0. The topological polar surface area (TPSA) is 45.2 Å². The van der Waals surface area contributed by atoms with E-state index in [1.807, 2.05) is 42.5 Å². The first-order valence-corrected chi connectivity index (χ1v) is 6.69. The molecular formula is C15H12BrNO2. The first-order valence-electron chi connectivity index (χ1n) is 5.90. The van der Waals surface area contributed by atoms with Crippen LogP contribution in [-0.4, -0.2) is 10.1 Å². The average molecular weight is 318 g/mol. The summed E-state index contributed by atoms with van der Waals surface area (Å²) in [5.41, 5.74) is 1.84. The molecule has 0 aliphatic heterocycles. The predicted molar refractivity (Wildman–Crippen MR) is 78.4 cm³/mol. The van der Waals surface area contributed by atoms with Crippen LogP contribution in [0.1, 0.15) is 5.69 Å².